The summed E-state index contributed by atoms with van der Waals surface area (Å²) in [4.78, 5) is 11.5. The largest absolute Gasteiger partial charge is 0.330 e. The van der Waals surface area contributed by atoms with Gasteiger partial charge in [-0.25, -0.2) is 13.1 Å². The van der Waals surface area contributed by atoms with E-state index in [2.05, 4.69) is 10.0 Å². The van der Waals surface area contributed by atoms with Crippen molar-refractivity contribution in [3.8, 4) is 0 Å². The second-order valence-corrected chi connectivity index (χ2v) is 7.65. The minimum absolute atomic E-state index is 0. The summed E-state index contributed by atoms with van der Waals surface area (Å²) in [5.74, 6) is 0.0911. The number of nitrogens with one attached hydrogen (secondary N) is 2. The second kappa shape index (κ2) is 9.36. The average molecular weight is 376 g/mol. The van der Waals surface area contributed by atoms with Crippen molar-refractivity contribution in [2.24, 2.45) is 11.7 Å². The molecule has 0 aliphatic heterocycles. The molecule has 2 rings (SSSR count). The average Bonchev–Trinajstić information content (AvgIpc) is 2.55. The first-order chi connectivity index (χ1) is 11.0. The van der Waals surface area contributed by atoms with Crippen LogP contribution in [-0.2, 0) is 14.8 Å². The number of sulfonamides is 1. The third kappa shape index (κ3) is 5.44. The summed E-state index contributed by atoms with van der Waals surface area (Å²) in [5.41, 5.74) is 6.35. The van der Waals surface area contributed by atoms with Gasteiger partial charge < -0.3 is 11.1 Å². The van der Waals surface area contributed by atoms with Crippen LogP contribution in [0.25, 0.3) is 0 Å². The van der Waals surface area contributed by atoms with Crippen LogP contribution in [0.4, 0.5) is 5.69 Å². The highest BCUT2D eigenvalue weighted by Crippen LogP contribution is 2.25. The maximum atomic E-state index is 12.5. The summed E-state index contributed by atoms with van der Waals surface area (Å²) >= 11 is 0. The van der Waals surface area contributed by atoms with E-state index >= 15 is 0 Å². The van der Waals surface area contributed by atoms with E-state index in [1.165, 1.54) is 12.1 Å². The first-order valence-electron chi connectivity index (χ1n) is 8.08. The van der Waals surface area contributed by atoms with Crippen LogP contribution in [0.15, 0.2) is 29.2 Å². The number of hydrogen-bond acceptors (Lipinski definition) is 4. The van der Waals surface area contributed by atoms with Crippen LogP contribution >= 0.6 is 12.4 Å². The van der Waals surface area contributed by atoms with E-state index in [1.54, 1.807) is 19.1 Å². The Bertz CT molecular complexity index is 634. The molecule has 1 aliphatic rings. The Hall–Kier alpha value is -1.15. The number of rotatable bonds is 6. The molecule has 2 atom stereocenters. The molecular formula is C16H26ClN3O3S. The smallest absolute Gasteiger partial charge is 0.240 e. The number of anilines is 1. The molecule has 2 unspecified atom stereocenters. The number of hydrogen-bond donors (Lipinski definition) is 3. The molecule has 1 fully saturated rings. The molecular weight excluding hydrogens is 350 g/mol. The molecule has 1 saturated carbocycles. The molecule has 1 aliphatic carbocycles. The number of carbonyl (C=O) groups is 1. The van der Waals surface area contributed by atoms with Crippen molar-refractivity contribution >= 4 is 34.0 Å². The van der Waals surface area contributed by atoms with E-state index in [-0.39, 0.29) is 35.2 Å². The summed E-state index contributed by atoms with van der Waals surface area (Å²) in [6, 6.07) is 6.12. The molecule has 136 valence electrons. The summed E-state index contributed by atoms with van der Waals surface area (Å²) in [5, 5.41) is 2.70. The van der Waals surface area contributed by atoms with E-state index in [0.29, 0.717) is 18.7 Å². The number of amides is 1. The molecule has 24 heavy (non-hydrogen) atoms. The van der Waals surface area contributed by atoms with Gasteiger partial charge in [-0.3, -0.25) is 4.79 Å². The van der Waals surface area contributed by atoms with Crippen LogP contribution in [0.3, 0.4) is 0 Å². The Morgan fingerprint density at radius 1 is 1.21 bits per heavy atom. The van der Waals surface area contributed by atoms with Crippen molar-refractivity contribution in [3.63, 3.8) is 0 Å². The fraction of sp³-hybridized carbons (Fsp3) is 0.562. The van der Waals surface area contributed by atoms with Crippen LogP contribution in [0.5, 0.6) is 0 Å². The Kier molecular flexibility index (Phi) is 8.15. The zero-order valence-corrected chi connectivity index (χ0v) is 15.5. The monoisotopic (exact) mass is 375 g/mol. The summed E-state index contributed by atoms with van der Waals surface area (Å²) in [7, 11) is -3.57. The first kappa shape index (κ1) is 20.9. The molecule has 1 aromatic carbocycles. The van der Waals surface area contributed by atoms with Gasteiger partial charge in [0.25, 0.3) is 0 Å². The van der Waals surface area contributed by atoms with Gasteiger partial charge in [0.15, 0.2) is 0 Å². The van der Waals surface area contributed by atoms with Gasteiger partial charge in [-0.1, -0.05) is 19.8 Å². The van der Waals surface area contributed by atoms with Crippen molar-refractivity contribution in [1.82, 2.24) is 4.72 Å². The van der Waals surface area contributed by atoms with Gasteiger partial charge in [-0.05, 0) is 49.6 Å². The third-order valence-electron chi connectivity index (χ3n) is 4.29. The van der Waals surface area contributed by atoms with Gasteiger partial charge in [0.2, 0.25) is 15.9 Å². The molecule has 1 amide bonds. The van der Waals surface area contributed by atoms with Gasteiger partial charge in [0.1, 0.15) is 0 Å². The molecule has 6 nitrogen and oxygen atoms in total. The molecule has 0 bridgehead atoms. The predicted molar refractivity (Wildman–Crippen MR) is 97.7 cm³/mol. The molecule has 8 heteroatoms. The van der Waals surface area contributed by atoms with Gasteiger partial charge in [0, 0.05) is 18.2 Å². The Morgan fingerprint density at radius 2 is 1.83 bits per heavy atom. The SMILES string of the molecule is CCC(=O)Nc1ccc(S(=O)(=O)NC2CCCCC2CN)cc1.Cl. The lowest BCUT2D eigenvalue weighted by molar-refractivity contribution is -0.115. The number of benzene rings is 1. The van der Waals surface area contributed by atoms with E-state index in [1.807, 2.05) is 0 Å². The number of carbonyl (C=O) groups excluding carboxylic acids is 1. The highest BCUT2D eigenvalue weighted by Gasteiger charge is 2.28. The number of halogens is 1. The number of nitrogens with two attached hydrogens (primary N) is 1. The Labute approximate surface area is 150 Å². The molecule has 1 aromatic rings. The fourth-order valence-corrected chi connectivity index (χ4v) is 4.22. The summed E-state index contributed by atoms with van der Waals surface area (Å²) in [6.07, 6.45) is 4.29. The van der Waals surface area contributed by atoms with Gasteiger partial charge in [-0.15, -0.1) is 12.4 Å². The van der Waals surface area contributed by atoms with Crippen LogP contribution in [0.2, 0.25) is 0 Å². The fourth-order valence-electron chi connectivity index (χ4n) is 2.88. The standard InChI is InChI=1S/C16H25N3O3S.ClH/c1-2-16(20)18-13-7-9-14(10-8-13)23(21,22)19-15-6-4-3-5-12(15)11-17;/h7-10,12,15,19H,2-6,11,17H2,1H3,(H,18,20);1H. The minimum Gasteiger partial charge on any atom is -0.330 e. The van der Waals surface area contributed by atoms with Crippen LogP contribution < -0.4 is 15.8 Å². The highest BCUT2D eigenvalue weighted by atomic mass is 35.5. The first-order valence-corrected chi connectivity index (χ1v) is 9.57. The topological polar surface area (TPSA) is 101 Å². The second-order valence-electron chi connectivity index (χ2n) is 5.93. The molecule has 0 spiro atoms. The van der Waals surface area contributed by atoms with Crippen LogP contribution in [0.1, 0.15) is 39.0 Å². The van der Waals surface area contributed by atoms with E-state index in [0.717, 1.165) is 25.7 Å². The normalized spacial score (nSPS) is 20.9. The molecule has 4 N–H and O–H groups in total. The third-order valence-corrected chi connectivity index (χ3v) is 5.79. The van der Waals surface area contributed by atoms with Crippen molar-refractivity contribution in [1.29, 1.82) is 0 Å². The Morgan fingerprint density at radius 3 is 2.42 bits per heavy atom. The van der Waals surface area contributed by atoms with Crippen molar-refractivity contribution in [3.05, 3.63) is 24.3 Å². The molecule has 0 heterocycles. The van der Waals surface area contributed by atoms with Crippen molar-refractivity contribution < 1.29 is 13.2 Å². The lowest BCUT2D eigenvalue weighted by Crippen LogP contribution is -2.44. The van der Waals surface area contributed by atoms with Crippen molar-refractivity contribution in [2.45, 2.75) is 50.0 Å². The lowest BCUT2D eigenvalue weighted by Gasteiger charge is -2.31. The summed E-state index contributed by atoms with van der Waals surface area (Å²) in [6.45, 7) is 2.26. The lowest BCUT2D eigenvalue weighted by atomic mass is 9.85. The van der Waals surface area contributed by atoms with Gasteiger partial charge >= 0.3 is 0 Å². The van der Waals surface area contributed by atoms with E-state index in [4.69, 9.17) is 5.73 Å². The molecule has 0 aromatic heterocycles. The molecule has 0 saturated heterocycles. The van der Waals surface area contributed by atoms with Gasteiger partial charge in [0.05, 0.1) is 4.90 Å². The maximum Gasteiger partial charge on any atom is 0.240 e. The van der Waals surface area contributed by atoms with Crippen LogP contribution in [-0.4, -0.2) is 26.9 Å². The highest BCUT2D eigenvalue weighted by molar-refractivity contribution is 7.89. The predicted octanol–water partition coefficient (Wildman–Crippen LogP) is 2.25. The maximum absolute atomic E-state index is 12.5. The van der Waals surface area contributed by atoms with Gasteiger partial charge in [-0.2, -0.15) is 0 Å². The van der Waals surface area contributed by atoms with Crippen molar-refractivity contribution in [2.75, 3.05) is 11.9 Å². The summed E-state index contributed by atoms with van der Waals surface area (Å²) < 4.78 is 27.8. The zero-order chi connectivity index (χ0) is 16.9. The minimum atomic E-state index is -3.57. The van der Waals surface area contributed by atoms with Crippen LogP contribution in [0, 0.1) is 5.92 Å². The zero-order valence-electron chi connectivity index (χ0n) is 13.8. The Balaban J connectivity index is 0.00000288. The molecule has 0 radical (unpaired) electrons. The quantitative estimate of drug-likeness (QED) is 0.709. The van der Waals surface area contributed by atoms with E-state index in [9.17, 15) is 13.2 Å². The van der Waals surface area contributed by atoms with E-state index < -0.39 is 10.0 Å².